The van der Waals surface area contributed by atoms with Crippen molar-refractivity contribution < 1.29 is 23.8 Å². The van der Waals surface area contributed by atoms with Gasteiger partial charge in [-0.1, -0.05) is 23.5 Å². The molecule has 2 aromatic carbocycles. The van der Waals surface area contributed by atoms with Gasteiger partial charge < -0.3 is 24.4 Å². The highest BCUT2D eigenvalue weighted by Crippen LogP contribution is 2.39. The van der Waals surface area contributed by atoms with Crippen molar-refractivity contribution in [3.8, 4) is 5.75 Å². The molecule has 1 aliphatic rings. The van der Waals surface area contributed by atoms with E-state index in [1.165, 1.54) is 18.4 Å². The Kier molecular flexibility index (Phi) is 8.07. The second-order valence-electron chi connectivity index (χ2n) is 7.81. The number of thiazole rings is 1. The van der Waals surface area contributed by atoms with Crippen molar-refractivity contribution in [2.75, 3.05) is 63.9 Å². The fraction of sp³-hybridized carbons (Fsp3) is 0.375. The van der Waals surface area contributed by atoms with Crippen LogP contribution in [0.2, 0.25) is 0 Å². The number of rotatable bonds is 10. The molecule has 0 unspecified atom stereocenters. The summed E-state index contributed by atoms with van der Waals surface area (Å²) in [5.41, 5.74) is 3.30. The van der Waals surface area contributed by atoms with Crippen molar-refractivity contribution in [3.63, 3.8) is 0 Å². The second kappa shape index (κ2) is 11.4. The summed E-state index contributed by atoms with van der Waals surface area (Å²) >= 11 is 1.43. The van der Waals surface area contributed by atoms with Gasteiger partial charge in [-0.3, -0.25) is 14.9 Å². The SMILES string of the molecule is COCC(=O)CNCc1ccc(C(=O)Nc2nc3c(OC)ccc(N4CCOCC4)c3s2)cc1. The predicted octanol–water partition coefficient (Wildman–Crippen LogP) is 2.70. The second-order valence-corrected chi connectivity index (χ2v) is 8.81. The van der Waals surface area contributed by atoms with Gasteiger partial charge in [-0.15, -0.1) is 0 Å². The van der Waals surface area contributed by atoms with E-state index in [1.807, 2.05) is 24.3 Å². The van der Waals surface area contributed by atoms with Crippen LogP contribution in [0.1, 0.15) is 15.9 Å². The van der Waals surface area contributed by atoms with Crippen molar-refractivity contribution in [2.24, 2.45) is 0 Å². The average molecular weight is 485 g/mol. The molecule has 1 aliphatic heterocycles. The quantitative estimate of drug-likeness (QED) is 0.453. The molecular weight excluding hydrogens is 456 g/mol. The van der Waals surface area contributed by atoms with Crippen LogP contribution in [0.3, 0.4) is 0 Å². The summed E-state index contributed by atoms with van der Waals surface area (Å²) in [5.74, 6) is 0.424. The molecule has 1 fully saturated rings. The summed E-state index contributed by atoms with van der Waals surface area (Å²) < 4.78 is 16.8. The molecule has 0 spiro atoms. The molecule has 180 valence electrons. The van der Waals surface area contributed by atoms with E-state index >= 15 is 0 Å². The Morgan fingerprint density at radius 1 is 1.12 bits per heavy atom. The van der Waals surface area contributed by atoms with Gasteiger partial charge in [-0.05, 0) is 29.8 Å². The Hall–Kier alpha value is -3.05. The number of morpholine rings is 1. The number of ketones is 1. The highest BCUT2D eigenvalue weighted by Gasteiger charge is 2.20. The summed E-state index contributed by atoms with van der Waals surface area (Å²) in [6.45, 7) is 3.85. The first kappa shape index (κ1) is 24.1. The molecular formula is C24H28N4O5S. The van der Waals surface area contributed by atoms with E-state index < -0.39 is 0 Å². The number of hydrogen-bond donors (Lipinski definition) is 2. The number of carbonyl (C=O) groups excluding carboxylic acids is 2. The van der Waals surface area contributed by atoms with Crippen molar-refractivity contribution in [1.29, 1.82) is 0 Å². The molecule has 0 atom stereocenters. The third kappa shape index (κ3) is 5.71. The Balaban J connectivity index is 1.44. The van der Waals surface area contributed by atoms with Gasteiger partial charge in [0.2, 0.25) is 0 Å². The average Bonchev–Trinajstić information content (AvgIpc) is 3.28. The fourth-order valence-corrected chi connectivity index (χ4v) is 4.76. The first-order valence-electron chi connectivity index (χ1n) is 11.0. The lowest BCUT2D eigenvalue weighted by Gasteiger charge is -2.29. The number of hydrogen-bond acceptors (Lipinski definition) is 9. The summed E-state index contributed by atoms with van der Waals surface area (Å²) in [4.78, 5) is 31.3. The van der Waals surface area contributed by atoms with E-state index in [1.54, 1.807) is 19.2 Å². The Labute approximate surface area is 202 Å². The third-order valence-electron chi connectivity index (χ3n) is 5.45. The zero-order valence-electron chi connectivity index (χ0n) is 19.3. The fourth-order valence-electron chi connectivity index (χ4n) is 3.74. The molecule has 9 nitrogen and oxygen atoms in total. The lowest BCUT2D eigenvalue weighted by Crippen LogP contribution is -2.36. The standard InChI is InChI=1S/C24H28N4O5S/c1-31-15-18(29)14-25-13-16-3-5-17(6-4-16)23(30)27-24-26-21-20(32-2)8-7-19(22(21)34-24)28-9-11-33-12-10-28/h3-8,25H,9-15H2,1-2H3,(H,26,27,30). The maximum atomic E-state index is 12.8. The summed E-state index contributed by atoms with van der Waals surface area (Å²) in [6, 6.07) is 11.2. The van der Waals surface area contributed by atoms with Gasteiger partial charge in [-0.25, -0.2) is 4.98 Å². The Morgan fingerprint density at radius 2 is 1.88 bits per heavy atom. The molecule has 4 rings (SSSR count). The number of ether oxygens (including phenoxy) is 3. The predicted molar refractivity (Wildman–Crippen MR) is 132 cm³/mol. The molecule has 2 N–H and O–H groups in total. The van der Waals surface area contributed by atoms with Gasteiger partial charge in [0, 0.05) is 32.3 Å². The molecule has 1 amide bonds. The minimum Gasteiger partial charge on any atom is -0.494 e. The smallest absolute Gasteiger partial charge is 0.257 e. The van der Waals surface area contributed by atoms with Gasteiger partial charge in [0.05, 0.1) is 37.3 Å². The lowest BCUT2D eigenvalue weighted by molar-refractivity contribution is -0.121. The van der Waals surface area contributed by atoms with Gasteiger partial charge in [0.15, 0.2) is 10.9 Å². The maximum Gasteiger partial charge on any atom is 0.257 e. The highest BCUT2D eigenvalue weighted by atomic mass is 32.1. The zero-order chi connectivity index (χ0) is 23.9. The summed E-state index contributed by atoms with van der Waals surface area (Å²) in [7, 11) is 3.11. The lowest BCUT2D eigenvalue weighted by atomic mass is 10.1. The molecule has 2 heterocycles. The van der Waals surface area contributed by atoms with E-state index in [0.717, 1.165) is 34.6 Å². The first-order valence-corrected chi connectivity index (χ1v) is 11.8. The van der Waals surface area contributed by atoms with Crippen molar-refractivity contribution >= 4 is 44.1 Å². The van der Waals surface area contributed by atoms with E-state index in [2.05, 4.69) is 20.5 Å². The van der Waals surface area contributed by atoms with Crippen LogP contribution in [-0.4, -0.2) is 70.3 Å². The summed E-state index contributed by atoms with van der Waals surface area (Å²) in [5, 5.41) is 6.50. The number of fused-ring (bicyclic) bond motifs is 1. The molecule has 10 heteroatoms. The molecule has 0 aliphatic carbocycles. The van der Waals surface area contributed by atoms with Crippen molar-refractivity contribution in [2.45, 2.75) is 6.54 Å². The summed E-state index contributed by atoms with van der Waals surface area (Å²) in [6.07, 6.45) is 0. The zero-order valence-corrected chi connectivity index (χ0v) is 20.1. The number of aromatic nitrogens is 1. The van der Waals surface area contributed by atoms with E-state index in [-0.39, 0.29) is 24.8 Å². The monoisotopic (exact) mass is 484 g/mol. The van der Waals surface area contributed by atoms with Crippen LogP contribution in [0.15, 0.2) is 36.4 Å². The number of nitrogens with one attached hydrogen (secondary N) is 2. The van der Waals surface area contributed by atoms with Crippen LogP contribution in [-0.2, 0) is 20.8 Å². The topological polar surface area (TPSA) is 102 Å². The highest BCUT2D eigenvalue weighted by molar-refractivity contribution is 7.23. The van der Waals surface area contributed by atoms with Crippen LogP contribution < -0.4 is 20.3 Å². The van der Waals surface area contributed by atoms with E-state index in [4.69, 9.17) is 14.2 Å². The first-order chi connectivity index (χ1) is 16.6. The van der Waals surface area contributed by atoms with Gasteiger partial charge >= 0.3 is 0 Å². The van der Waals surface area contributed by atoms with Crippen LogP contribution in [0.5, 0.6) is 5.75 Å². The Bertz CT molecular complexity index is 1140. The normalized spacial score (nSPS) is 13.8. The van der Waals surface area contributed by atoms with Gasteiger partial charge in [0.25, 0.3) is 5.91 Å². The molecule has 1 aromatic heterocycles. The third-order valence-corrected chi connectivity index (χ3v) is 6.44. The van der Waals surface area contributed by atoms with Crippen LogP contribution in [0, 0.1) is 0 Å². The van der Waals surface area contributed by atoms with Crippen LogP contribution in [0.25, 0.3) is 10.2 Å². The molecule has 34 heavy (non-hydrogen) atoms. The largest absolute Gasteiger partial charge is 0.494 e. The number of carbonyl (C=O) groups is 2. The molecule has 0 radical (unpaired) electrons. The number of amides is 1. The number of anilines is 2. The minimum absolute atomic E-state index is 0.0114. The van der Waals surface area contributed by atoms with E-state index in [9.17, 15) is 9.59 Å². The van der Waals surface area contributed by atoms with Gasteiger partial charge in [-0.2, -0.15) is 0 Å². The number of Topliss-reactive ketones (excluding diaryl/α,β-unsaturated/α-hetero) is 1. The van der Waals surface area contributed by atoms with E-state index in [0.29, 0.717) is 36.2 Å². The van der Waals surface area contributed by atoms with Crippen LogP contribution in [0.4, 0.5) is 10.8 Å². The molecule has 0 bridgehead atoms. The number of nitrogens with zero attached hydrogens (tertiary/aromatic N) is 2. The number of methoxy groups -OCH3 is 2. The molecule has 1 saturated heterocycles. The van der Waals surface area contributed by atoms with Crippen molar-refractivity contribution in [3.05, 3.63) is 47.5 Å². The van der Waals surface area contributed by atoms with Crippen LogP contribution >= 0.6 is 11.3 Å². The maximum absolute atomic E-state index is 12.8. The molecule has 3 aromatic rings. The Morgan fingerprint density at radius 3 is 2.59 bits per heavy atom. The minimum atomic E-state index is -0.235. The van der Waals surface area contributed by atoms with Gasteiger partial charge in [0.1, 0.15) is 17.9 Å². The molecule has 0 saturated carbocycles. The number of benzene rings is 2. The van der Waals surface area contributed by atoms with Crippen molar-refractivity contribution in [1.82, 2.24) is 10.3 Å².